The van der Waals surface area contributed by atoms with E-state index in [0.29, 0.717) is 35.9 Å². The number of methoxy groups -OCH3 is 1. The standard InChI is InChI=1S/C23H20BrIN2O5S/c1-11(2)31-22(29)18-12(3)26-23-27(19(18)13-5-7-14(30-4)8-6-13)21(28)17(33-23)10-15-9-16(24)20(25)32-15/h5-11,19H,1-4H3/b17-10+/t19-/m1/s1. The van der Waals surface area contributed by atoms with E-state index >= 15 is 0 Å². The van der Waals surface area contributed by atoms with Gasteiger partial charge in [-0.1, -0.05) is 23.5 Å². The van der Waals surface area contributed by atoms with Crippen molar-refractivity contribution in [2.45, 2.75) is 32.9 Å². The molecule has 33 heavy (non-hydrogen) atoms. The van der Waals surface area contributed by atoms with Crippen LogP contribution in [0, 0.1) is 3.77 Å². The van der Waals surface area contributed by atoms with Gasteiger partial charge in [0, 0.05) is 28.7 Å². The van der Waals surface area contributed by atoms with Gasteiger partial charge in [0.25, 0.3) is 5.56 Å². The SMILES string of the molecule is COc1ccc([C@@H]2C(C(=O)OC(C)C)=C(C)N=c3s/c(=C/c4cc(Br)c(I)o4)c(=O)n32)cc1. The number of rotatable bonds is 5. The number of furan rings is 1. The summed E-state index contributed by atoms with van der Waals surface area (Å²) < 4.78 is 20.0. The summed E-state index contributed by atoms with van der Waals surface area (Å²) in [5.41, 5.74) is 1.35. The summed E-state index contributed by atoms with van der Waals surface area (Å²) in [4.78, 5) is 31.7. The number of nitrogens with zero attached hydrogens (tertiary/aromatic N) is 2. The highest BCUT2D eigenvalue weighted by molar-refractivity contribution is 14.1. The van der Waals surface area contributed by atoms with Crippen LogP contribution < -0.4 is 19.6 Å². The smallest absolute Gasteiger partial charge is 0.338 e. The number of hydrogen-bond acceptors (Lipinski definition) is 7. The molecule has 0 aliphatic carbocycles. The topological polar surface area (TPSA) is 83.0 Å². The fraction of sp³-hybridized carbons (Fsp3) is 0.261. The van der Waals surface area contributed by atoms with Crippen LogP contribution in [-0.4, -0.2) is 23.8 Å². The number of benzene rings is 1. The van der Waals surface area contributed by atoms with Gasteiger partial charge < -0.3 is 13.9 Å². The van der Waals surface area contributed by atoms with E-state index in [1.54, 1.807) is 56.7 Å². The van der Waals surface area contributed by atoms with Crippen molar-refractivity contribution in [2.75, 3.05) is 7.11 Å². The predicted octanol–water partition coefficient (Wildman–Crippen LogP) is 4.16. The lowest BCUT2D eigenvalue weighted by Crippen LogP contribution is -2.40. The second-order valence-corrected chi connectivity index (χ2v) is 10.4. The van der Waals surface area contributed by atoms with Crippen LogP contribution in [-0.2, 0) is 9.53 Å². The number of aromatic nitrogens is 1. The number of fused-ring (bicyclic) bond motifs is 1. The molecule has 2 aromatic heterocycles. The van der Waals surface area contributed by atoms with E-state index in [1.165, 1.54) is 11.3 Å². The van der Waals surface area contributed by atoms with Crippen LogP contribution >= 0.6 is 49.9 Å². The second kappa shape index (κ2) is 9.59. The quantitative estimate of drug-likeness (QED) is 0.309. The van der Waals surface area contributed by atoms with E-state index in [1.807, 2.05) is 12.1 Å². The van der Waals surface area contributed by atoms with E-state index in [0.717, 1.165) is 10.0 Å². The van der Waals surface area contributed by atoms with E-state index < -0.39 is 12.0 Å². The van der Waals surface area contributed by atoms with E-state index in [2.05, 4.69) is 43.5 Å². The molecule has 0 radical (unpaired) electrons. The van der Waals surface area contributed by atoms with Gasteiger partial charge in [0.2, 0.25) is 0 Å². The first-order valence-corrected chi connectivity index (χ1v) is 12.7. The number of carbonyl (C=O) groups is 1. The van der Waals surface area contributed by atoms with Crippen molar-refractivity contribution in [3.05, 3.63) is 80.9 Å². The van der Waals surface area contributed by atoms with Crippen molar-refractivity contribution >= 4 is 61.9 Å². The minimum Gasteiger partial charge on any atom is -0.497 e. The zero-order chi connectivity index (χ0) is 23.9. The van der Waals surface area contributed by atoms with Gasteiger partial charge in [0.05, 0.1) is 39.5 Å². The summed E-state index contributed by atoms with van der Waals surface area (Å²) in [6.45, 7) is 5.33. The van der Waals surface area contributed by atoms with Crippen LogP contribution in [0.5, 0.6) is 5.75 Å². The molecule has 10 heteroatoms. The molecule has 1 aromatic carbocycles. The Bertz CT molecular complexity index is 1410. The number of esters is 1. The Hall–Kier alpha value is -2.18. The molecule has 0 saturated heterocycles. The summed E-state index contributed by atoms with van der Waals surface area (Å²) in [5.74, 6) is 0.731. The lowest BCUT2D eigenvalue weighted by atomic mass is 9.96. The maximum atomic E-state index is 13.5. The summed E-state index contributed by atoms with van der Waals surface area (Å²) in [7, 11) is 1.59. The first kappa shape index (κ1) is 24.0. The molecule has 0 bridgehead atoms. The summed E-state index contributed by atoms with van der Waals surface area (Å²) in [6, 6.07) is 8.41. The third-order valence-electron chi connectivity index (χ3n) is 4.95. The number of allylic oxidation sites excluding steroid dienone is 1. The van der Waals surface area contributed by atoms with Crippen molar-refractivity contribution in [3.8, 4) is 5.75 Å². The van der Waals surface area contributed by atoms with Crippen molar-refractivity contribution in [2.24, 2.45) is 4.99 Å². The summed E-state index contributed by atoms with van der Waals surface area (Å²) >= 11 is 6.74. The van der Waals surface area contributed by atoms with Gasteiger partial charge in [0.15, 0.2) is 8.57 Å². The van der Waals surface area contributed by atoms with Crippen LogP contribution in [0.3, 0.4) is 0 Å². The second-order valence-electron chi connectivity index (χ2n) is 7.58. The molecule has 0 unspecified atom stereocenters. The van der Waals surface area contributed by atoms with E-state index in [4.69, 9.17) is 13.9 Å². The molecule has 3 aromatic rings. The van der Waals surface area contributed by atoms with E-state index in [9.17, 15) is 9.59 Å². The van der Waals surface area contributed by atoms with E-state index in [-0.39, 0.29) is 11.7 Å². The highest BCUT2D eigenvalue weighted by atomic mass is 127. The zero-order valence-corrected chi connectivity index (χ0v) is 22.8. The molecule has 0 N–H and O–H groups in total. The van der Waals surface area contributed by atoms with Crippen LogP contribution in [0.25, 0.3) is 6.08 Å². The maximum Gasteiger partial charge on any atom is 0.338 e. The molecule has 1 atom stereocenters. The fourth-order valence-corrected chi connectivity index (χ4v) is 5.27. The Morgan fingerprint density at radius 3 is 2.61 bits per heavy atom. The number of halogens is 2. The van der Waals surface area contributed by atoms with Crippen molar-refractivity contribution in [3.63, 3.8) is 0 Å². The largest absolute Gasteiger partial charge is 0.497 e. The van der Waals surface area contributed by atoms with Gasteiger partial charge in [-0.3, -0.25) is 9.36 Å². The molecule has 7 nitrogen and oxygen atoms in total. The normalized spacial score (nSPS) is 16.1. The van der Waals surface area contributed by atoms with Gasteiger partial charge in [-0.2, -0.15) is 0 Å². The number of ether oxygens (including phenoxy) is 2. The molecule has 0 saturated carbocycles. The highest BCUT2D eigenvalue weighted by Gasteiger charge is 2.33. The minimum absolute atomic E-state index is 0.260. The Labute approximate surface area is 215 Å². The van der Waals surface area contributed by atoms with Crippen molar-refractivity contribution in [1.29, 1.82) is 0 Å². The van der Waals surface area contributed by atoms with Crippen LogP contribution in [0.2, 0.25) is 0 Å². The third kappa shape index (κ3) is 4.73. The summed E-state index contributed by atoms with van der Waals surface area (Å²) in [5, 5.41) is 0. The average Bonchev–Trinajstić information content (AvgIpc) is 3.24. The highest BCUT2D eigenvalue weighted by Crippen LogP contribution is 2.32. The molecule has 0 fully saturated rings. The van der Waals surface area contributed by atoms with Gasteiger partial charge >= 0.3 is 5.97 Å². The summed E-state index contributed by atoms with van der Waals surface area (Å²) in [6.07, 6.45) is 1.38. The first-order valence-electron chi connectivity index (χ1n) is 10.0. The molecule has 3 heterocycles. The Kier molecular flexibility index (Phi) is 6.96. The third-order valence-corrected chi connectivity index (χ3v) is 8.07. The predicted molar refractivity (Wildman–Crippen MR) is 137 cm³/mol. The van der Waals surface area contributed by atoms with Crippen molar-refractivity contribution in [1.82, 2.24) is 4.57 Å². The Morgan fingerprint density at radius 1 is 1.33 bits per heavy atom. The van der Waals surface area contributed by atoms with Crippen molar-refractivity contribution < 1.29 is 18.7 Å². The molecular weight excluding hydrogens is 623 g/mol. The van der Waals surface area contributed by atoms with Gasteiger partial charge in [0.1, 0.15) is 11.5 Å². The molecular formula is C23H20BrIN2O5S. The lowest BCUT2D eigenvalue weighted by Gasteiger charge is -2.25. The fourth-order valence-electron chi connectivity index (χ4n) is 3.53. The molecule has 1 aliphatic rings. The molecule has 0 amide bonds. The van der Waals surface area contributed by atoms with Gasteiger partial charge in [-0.25, -0.2) is 9.79 Å². The Balaban J connectivity index is 1.93. The first-order chi connectivity index (χ1) is 15.7. The lowest BCUT2D eigenvalue weighted by molar-refractivity contribution is -0.143. The number of carbonyl (C=O) groups excluding carboxylic acids is 1. The van der Waals surface area contributed by atoms with Gasteiger partial charge in [-0.15, -0.1) is 0 Å². The van der Waals surface area contributed by atoms with Gasteiger partial charge in [-0.05, 0) is 60.5 Å². The Morgan fingerprint density at radius 2 is 2.03 bits per heavy atom. The van der Waals surface area contributed by atoms with Crippen LogP contribution in [0.1, 0.15) is 38.1 Å². The maximum absolute atomic E-state index is 13.5. The zero-order valence-electron chi connectivity index (χ0n) is 18.2. The van der Waals surface area contributed by atoms with Crippen LogP contribution in [0.15, 0.2) is 60.3 Å². The monoisotopic (exact) mass is 642 g/mol. The molecule has 172 valence electrons. The molecule has 1 aliphatic heterocycles. The molecule has 4 rings (SSSR count). The number of thiazole rings is 1. The minimum atomic E-state index is -0.677. The molecule has 0 spiro atoms. The number of hydrogen-bond donors (Lipinski definition) is 0. The average molecular weight is 643 g/mol. The van der Waals surface area contributed by atoms with Crippen LogP contribution in [0.4, 0.5) is 0 Å².